The minimum Gasteiger partial charge on any atom is -0.495 e. The van der Waals surface area contributed by atoms with E-state index in [-0.39, 0.29) is 29.9 Å². The van der Waals surface area contributed by atoms with Crippen LogP contribution in [-0.4, -0.2) is 61.1 Å². The second-order valence-corrected chi connectivity index (χ2v) is 9.65. The van der Waals surface area contributed by atoms with E-state index in [1.165, 1.54) is 18.9 Å². The topological polar surface area (TPSA) is 108 Å². The van der Waals surface area contributed by atoms with Crippen LogP contribution in [0.5, 0.6) is 5.75 Å². The molecule has 3 aliphatic heterocycles. The third kappa shape index (κ3) is 4.35. The van der Waals surface area contributed by atoms with Gasteiger partial charge in [-0.15, -0.1) is 0 Å². The molecule has 3 aliphatic rings. The molecule has 0 radical (unpaired) electrons. The second kappa shape index (κ2) is 9.29. The van der Waals surface area contributed by atoms with E-state index in [1.807, 2.05) is 12.1 Å². The van der Waals surface area contributed by atoms with Crippen molar-refractivity contribution >= 4 is 17.7 Å². The van der Waals surface area contributed by atoms with E-state index in [0.29, 0.717) is 42.3 Å². The van der Waals surface area contributed by atoms with Gasteiger partial charge in [-0.05, 0) is 37.0 Å². The highest BCUT2D eigenvalue weighted by atomic mass is 16.5. The van der Waals surface area contributed by atoms with Crippen LogP contribution in [0.15, 0.2) is 24.4 Å². The van der Waals surface area contributed by atoms with Crippen LogP contribution in [-0.2, 0) is 16.1 Å². The summed E-state index contributed by atoms with van der Waals surface area (Å²) in [6.45, 7) is 7.70. The Bertz CT molecular complexity index is 1220. The molecule has 9 heteroatoms. The number of esters is 1. The standard InChI is InChI=1S/C26H29N5O4/c1-15-10-30(13-22(29-15)19-4-5-20-21(16(19)2)14-35-26(20)33)11-17-6-25(32)31(12-17)24-7-23(34-3)18(8-27)9-28-24/h4-5,7,9,15,17,22,29H,6,10-14H2,1-3H3/t15-,17?,22-/m0/s1. The molecule has 2 fully saturated rings. The first-order valence-corrected chi connectivity index (χ1v) is 11.9. The lowest BCUT2D eigenvalue weighted by atomic mass is 9.92. The Morgan fingerprint density at radius 2 is 2.11 bits per heavy atom. The van der Waals surface area contributed by atoms with Crippen molar-refractivity contribution in [3.05, 3.63) is 52.2 Å². The van der Waals surface area contributed by atoms with Crippen LogP contribution in [0.3, 0.4) is 0 Å². The highest BCUT2D eigenvalue weighted by molar-refractivity contribution is 5.95. The number of cyclic esters (lactones) is 1. The maximum atomic E-state index is 12.8. The van der Waals surface area contributed by atoms with Gasteiger partial charge in [-0.2, -0.15) is 5.26 Å². The zero-order chi connectivity index (χ0) is 24.7. The number of rotatable bonds is 5. The van der Waals surface area contributed by atoms with E-state index >= 15 is 0 Å². The number of nitrogens with one attached hydrogen (secondary N) is 1. The Hall–Kier alpha value is -3.48. The molecule has 182 valence electrons. The summed E-state index contributed by atoms with van der Waals surface area (Å²) in [5, 5.41) is 12.9. The number of fused-ring (bicyclic) bond motifs is 1. The number of aromatic nitrogens is 1. The quantitative estimate of drug-likeness (QED) is 0.657. The number of nitrogens with zero attached hydrogens (tertiary/aromatic N) is 4. The first kappa shape index (κ1) is 23.3. The number of piperazine rings is 1. The van der Waals surface area contributed by atoms with Gasteiger partial charge in [0.15, 0.2) is 0 Å². The molecular weight excluding hydrogens is 446 g/mol. The largest absolute Gasteiger partial charge is 0.495 e. The lowest BCUT2D eigenvalue weighted by Crippen LogP contribution is -2.52. The van der Waals surface area contributed by atoms with Crippen molar-refractivity contribution in [2.45, 2.75) is 39.0 Å². The van der Waals surface area contributed by atoms with E-state index in [4.69, 9.17) is 9.47 Å². The van der Waals surface area contributed by atoms with Crippen molar-refractivity contribution in [3.63, 3.8) is 0 Å². The molecule has 1 N–H and O–H groups in total. The number of amides is 1. The summed E-state index contributed by atoms with van der Waals surface area (Å²) in [6, 6.07) is 8.06. The van der Waals surface area contributed by atoms with E-state index in [0.717, 1.165) is 30.8 Å². The fraction of sp³-hybridized carbons (Fsp3) is 0.462. The number of carbonyl (C=O) groups is 2. The summed E-state index contributed by atoms with van der Waals surface area (Å²) in [7, 11) is 1.50. The van der Waals surface area contributed by atoms with Crippen LogP contribution < -0.4 is 15.0 Å². The predicted octanol–water partition coefficient (Wildman–Crippen LogP) is 2.33. The van der Waals surface area contributed by atoms with Gasteiger partial charge in [0.25, 0.3) is 0 Å². The molecule has 4 heterocycles. The molecule has 2 saturated heterocycles. The van der Waals surface area contributed by atoms with E-state index in [1.54, 1.807) is 11.0 Å². The average Bonchev–Trinajstić information content (AvgIpc) is 3.40. The van der Waals surface area contributed by atoms with E-state index < -0.39 is 0 Å². The van der Waals surface area contributed by atoms with Gasteiger partial charge in [0.2, 0.25) is 5.91 Å². The number of ether oxygens (including phenoxy) is 2. The van der Waals surface area contributed by atoms with Gasteiger partial charge >= 0.3 is 5.97 Å². The fourth-order valence-corrected chi connectivity index (χ4v) is 5.57. The van der Waals surface area contributed by atoms with Crippen LogP contribution in [0.4, 0.5) is 5.82 Å². The monoisotopic (exact) mass is 475 g/mol. The van der Waals surface area contributed by atoms with Gasteiger partial charge in [0, 0.05) is 56.3 Å². The highest BCUT2D eigenvalue weighted by Crippen LogP contribution is 2.32. The Kier molecular flexibility index (Phi) is 6.17. The lowest BCUT2D eigenvalue weighted by molar-refractivity contribution is -0.117. The number of benzene rings is 1. The molecule has 0 spiro atoms. The minimum atomic E-state index is -0.244. The van der Waals surface area contributed by atoms with Crippen molar-refractivity contribution in [2.24, 2.45) is 5.92 Å². The summed E-state index contributed by atoms with van der Waals surface area (Å²) < 4.78 is 10.5. The summed E-state index contributed by atoms with van der Waals surface area (Å²) >= 11 is 0. The highest BCUT2D eigenvalue weighted by Gasteiger charge is 2.35. The Morgan fingerprint density at radius 1 is 1.29 bits per heavy atom. The molecule has 0 bridgehead atoms. The van der Waals surface area contributed by atoms with Crippen LogP contribution in [0.25, 0.3) is 0 Å². The van der Waals surface area contributed by atoms with Gasteiger partial charge in [-0.3, -0.25) is 14.6 Å². The molecule has 3 atom stereocenters. The van der Waals surface area contributed by atoms with Crippen LogP contribution in [0.1, 0.15) is 52.0 Å². The van der Waals surface area contributed by atoms with Crippen molar-refractivity contribution in [2.75, 3.05) is 38.2 Å². The van der Waals surface area contributed by atoms with E-state index in [9.17, 15) is 14.9 Å². The first-order valence-electron chi connectivity index (χ1n) is 11.9. The number of anilines is 1. The third-order valence-corrected chi connectivity index (χ3v) is 7.23. The molecule has 5 rings (SSSR count). The van der Waals surface area contributed by atoms with Crippen LogP contribution in [0, 0.1) is 24.2 Å². The molecule has 9 nitrogen and oxygen atoms in total. The Labute approximate surface area is 204 Å². The predicted molar refractivity (Wildman–Crippen MR) is 128 cm³/mol. The summed E-state index contributed by atoms with van der Waals surface area (Å²) in [5.74, 6) is 0.915. The van der Waals surface area contributed by atoms with Gasteiger partial charge in [0.1, 0.15) is 29.8 Å². The molecule has 0 saturated carbocycles. The zero-order valence-corrected chi connectivity index (χ0v) is 20.2. The average molecular weight is 476 g/mol. The minimum absolute atomic E-state index is 0.0353. The van der Waals surface area contributed by atoms with Crippen molar-refractivity contribution in [1.29, 1.82) is 5.26 Å². The normalized spacial score (nSPS) is 24.3. The molecule has 1 aromatic heterocycles. The molecule has 35 heavy (non-hydrogen) atoms. The van der Waals surface area contributed by atoms with Crippen molar-refractivity contribution in [3.8, 4) is 11.8 Å². The number of pyridine rings is 1. The van der Waals surface area contributed by atoms with Gasteiger partial charge < -0.3 is 14.8 Å². The summed E-state index contributed by atoms with van der Waals surface area (Å²) in [5.41, 5.74) is 4.31. The van der Waals surface area contributed by atoms with Crippen LogP contribution in [0.2, 0.25) is 0 Å². The molecule has 1 amide bonds. The summed E-state index contributed by atoms with van der Waals surface area (Å²) in [4.78, 5) is 33.2. The number of hydrogen-bond donors (Lipinski definition) is 1. The maximum Gasteiger partial charge on any atom is 0.338 e. The Morgan fingerprint density at radius 3 is 2.89 bits per heavy atom. The number of carbonyl (C=O) groups excluding carboxylic acids is 2. The molecule has 1 aromatic carbocycles. The van der Waals surface area contributed by atoms with Crippen LogP contribution >= 0.6 is 0 Å². The fourth-order valence-electron chi connectivity index (χ4n) is 5.57. The number of hydrogen-bond acceptors (Lipinski definition) is 8. The number of methoxy groups -OCH3 is 1. The molecule has 0 aliphatic carbocycles. The lowest BCUT2D eigenvalue weighted by Gasteiger charge is -2.39. The van der Waals surface area contributed by atoms with Crippen molar-refractivity contribution in [1.82, 2.24) is 15.2 Å². The van der Waals surface area contributed by atoms with E-state index in [2.05, 4.69) is 35.1 Å². The first-order chi connectivity index (χ1) is 16.9. The van der Waals surface area contributed by atoms with Gasteiger partial charge in [-0.25, -0.2) is 9.78 Å². The van der Waals surface area contributed by atoms with Gasteiger partial charge in [0.05, 0.1) is 18.9 Å². The number of nitriles is 1. The van der Waals surface area contributed by atoms with Crippen molar-refractivity contribution < 1.29 is 19.1 Å². The summed E-state index contributed by atoms with van der Waals surface area (Å²) in [6.07, 6.45) is 1.92. The Balaban J connectivity index is 1.28. The maximum absolute atomic E-state index is 12.8. The SMILES string of the molecule is COc1cc(N2CC(CN3C[C@@H](c4ccc5c(c4C)COC5=O)N[C@@H](C)C3)CC2=O)ncc1C#N. The van der Waals surface area contributed by atoms with Gasteiger partial charge in [-0.1, -0.05) is 6.07 Å². The zero-order valence-electron chi connectivity index (χ0n) is 20.2. The second-order valence-electron chi connectivity index (χ2n) is 9.65. The third-order valence-electron chi connectivity index (χ3n) is 7.23. The smallest absolute Gasteiger partial charge is 0.338 e. The molecular formula is C26H29N5O4. The molecule has 1 unspecified atom stereocenters. The molecule has 2 aromatic rings.